The van der Waals surface area contributed by atoms with Gasteiger partial charge in [-0.05, 0) is 13.8 Å². The molecular formula is C6H10O3. The number of hydrogen-bond donors (Lipinski definition) is 1. The van der Waals surface area contributed by atoms with Crippen LogP contribution in [0.1, 0.15) is 13.8 Å². The van der Waals surface area contributed by atoms with E-state index in [4.69, 9.17) is 5.11 Å². The highest BCUT2D eigenvalue weighted by Crippen LogP contribution is 2.10. The maximum Gasteiger partial charge on any atom is 0.170 e. The second kappa shape index (κ2) is 2.73. The van der Waals surface area contributed by atoms with Gasteiger partial charge in [-0.3, -0.25) is 4.79 Å². The maximum absolute atomic E-state index is 10.6. The van der Waals surface area contributed by atoms with E-state index in [-0.39, 0.29) is 0 Å². The summed E-state index contributed by atoms with van der Waals surface area (Å²) in [5.41, 5.74) is -1.02. The Bertz CT molecular complexity index is 126. The molecule has 0 aliphatic carbocycles. The highest BCUT2D eigenvalue weighted by molar-refractivity contribution is 5.97. The third-order valence-electron chi connectivity index (χ3n) is 1.16. The van der Waals surface area contributed by atoms with Crippen molar-refractivity contribution in [3.63, 3.8) is 0 Å². The zero-order chi connectivity index (χ0) is 7.49. The van der Waals surface area contributed by atoms with E-state index in [0.29, 0.717) is 6.29 Å². The molecule has 0 atom stereocenters. The third-order valence-corrected chi connectivity index (χ3v) is 1.16. The van der Waals surface area contributed by atoms with Crippen molar-refractivity contribution in [1.82, 2.24) is 0 Å². The average molecular weight is 130 g/mol. The molecule has 0 spiro atoms. The highest BCUT2D eigenvalue weighted by atomic mass is 16.3. The number of aliphatic hydroxyl groups excluding tert-OH is 1. The topological polar surface area (TPSA) is 54.4 Å². The van der Waals surface area contributed by atoms with E-state index in [1.807, 2.05) is 0 Å². The van der Waals surface area contributed by atoms with Gasteiger partial charge in [0.1, 0.15) is 12.9 Å². The Morgan fingerprint density at radius 2 is 2.11 bits per heavy atom. The number of rotatable bonds is 3. The molecule has 0 aromatic rings. The third kappa shape index (κ3) is 1.93. The minimum atomic E-state index is -1.02. The van der Waals surface area contributed by atoms with Gasteiger partial charge in [-0.25, -0.2) is 0 Å². The van der Waals surface area contributed by atoms with Gasteiger partial charge in [0.2, 0.25) is 0 Å². The largest absolute Gasteiger partial charge is 0.389 e. The second-order valence-electron chi connectivity index (χ2n) is 2.42. The Morgan fingerprint density at radius 1 is 1.67 bits per heavy atom. The molecule has 0 bridgehead atoms. The molecule has 0 aromatic heterocycles. The van der Waals surface area contributed by atoms with Crippen LogP contribution in [0.4, 0.5) is 0 Å². The van der Waals surface area contributed by atoms with Crippen molar-refractivity contribution in [2.45, 2.75) is 13.8 Å². The van der Waals surface area contributed by atoms with Crippen LogP contribution in [0.25, 0.3) is 0 Å². The number of aldehydes is 1. The summed E-state index contributed by atoms with van der Waals surface area (Å²) < 4.78 is 0. The zero-order valence-electron chi connectivity index (χ0n) is 5.55. The van der Waals surface area contributed by atoms with Gasteiger partial charge in [-0.15, -0.1) is 0 Å². The fourth-order valence-corrected chi connectivity index (χ4v) is 0.269. The summed E-state index contributed by atoms with van der Waals surface area (Å²) in [6.45, 7) is 2.38. The second-order valence-corrected chi connectivity index (χ2v) is 2.42. The summed E-state index contributed by atoms with van der Waals surface area (Å²) in [6.07, 6.45) is 0.533. The predicted octanol–water partition coefficient (Wildman–Crippen LogP) is -0.227. The lowest BCUT2D eigenvalue weighted by molar-refractivity contribution is -0.134. The first kappa shape index (κ1) is 8.30. The van der Waals surface area contributed by atoms with Crippen LogP contribution in [0.2, 0.25) is 0 Å². The Morgan fingerprint density at radius 3 is 2.22 bits per heavy atom. The van der Waals surface area contributed by atoms with E-state index in [9.17, 15) is 9.59 Å². The van der Waals surface area contributed by atoms with Crippen LogP contribution in [0.3, 0.4) is 0 Å². The van der Waals surface area contributed by atoms with Crippen molar-refractivity contribution >= 4 is 12.1 Å². The quantitative estimate of drug-likeness (QED) is 0.424. The molecule has 0 amide bonds. The molecule has 3 nitrogen and oxygen atoms in total. The van der Waals surface area contributed by atoms with Gasteiger partial charge >= 0.3 is 0 Å². The first-order valence-corrected chi connectivity index (χ1v) is 2.65. The number of hydrogen-bond acceptors (Lipinski definition) is 3. The summed E-state index contributed by atoms with van der Waals surface area (Å²) in [4.78, 5) is 20.7. The first-order chi connectivity index (χ1) is 4.04. The van der Waals surface area contributed by atoms with Crippen LogP contribution in [0.5, 0.6) is 0 Å². The van der Waals surface area contributed by atoms with E-state index in [1.54, 1.807) is 0 Å². The minimum absolute atomic E-state index is 0.447. The molecule has 1 N–H and O–H groups in total. The van der Waals surface area contributed by atoms with Crippen molar-refractivity contribution in [3.05, 3.63) is 0 Å². The van der Waals surface area contributed by atoms with Crippen LogP contribution < -0.4 is 0 Å². The van der Waals surface area contributed by atoms with Crippen molar-refractivity contribution in [2.75, 3.05) is 6.61 Å². The van der Waals surface area contributed by atoms with Gasteiger partial charge in [0.15, 0.2) is 5.78 Å². The zero-order valence-corrected chi connectivity index (χ0v) is 5.55. The number of ketones is 1. The summed E-state index contributed by atoms with van der Waals surface area (Å²) in [5.74, 6) is -0.447. The molecule has 0 saturated heterocycles. The molecule has 3 heteroatoms. The minimum Gasteiger partial charge on any atom is -0.389 e. The molecule has 0 rings (SSSR count). The van der Waals surface area contributed by atoms with Crippen LogP contribution in [0.15, 0.2) is 0 Å². The van der Waals surface area contributed by atoms with Gasteiger partial charge in [-0.2, -0.15) is 0 Å². The number of carbonyl (C=O) groups excluding carboxylic acids is 2. The molecular weight excluding hydrogens is 120 g/mol. The SMILES string of the molecule is CC(C)(C=O)C(=O)CO. The normalized spacial score (nSPS) is 11.0. The number of Topliss-reactive ketones (excluding diaryl/α,β-unsaturated/α-hetero) is 1. The molecule has 0 radical (unpaired) electrons. The average Bonchev–Trinajstić information content (AvgIpc) is 1.86. The molecule has 0 aromatic carbocycles. The van der Waals surface area contributed by atoms with E-state index >= 15 is 0 Å². The molecule has 0 fully saturated rings. The van der Waals surface area contributed by atoms with Crippen LogP contribution >= 0.6 is 0 Å². The molecule has 9 heavy (non-hydrogen) atoms. The van der Waals surface area contributed by atoms with E-state index in [1.165, 1.54) is 13.8 Å². The summed E-state index contributed by atoms with van der Waals surface area (Å²) in [5, 5.41) is 8.29. The lowest BCUT2D eigenvalue weighted by atomic mass is 9.91. The lowest BCUT2D eigenvalue weighted by Gasteiger charge is -2.11. The Labute approximate surface area is 53.7 Å². The number of carbonyl (C=O) groups is 2. The van der Waals surface area contributed by atoms with Crippen molar-refractivity contribution in [2.24, 2.45) is 5.41 Å². The van der Waals surface area contributed by atoms with Crippen molar-refractivity contribution in [3.8, 4) is 0 Å². The van der Waals surface area contributed by atoms with E-state index in [2.05, 4.69) is 0 Å². The molecule has 0 unspecified atom stereocenters. The van der Waals surface area contributed by atoms with Crippen molar-refractivity contribution < 1.29 is 14.7 Å². The van der Waals surface area contributed by atoms with E-state index in [0.717, 1.165) is 0 Å². The molecule has 0 aliphatic rings. The molecule has 0 saturated carbocycles. The van der Waals surface area contributed by atoms with Crippen LogP contribution in [0, 0.1) is 5.41 Å². The van der Waals surface area contributed by atoms with Crippen LogP contribution in [-0.2, 0) is 9.59 Å². The van der Waals surface area contributed by atoms with Crippen molar-refractivity contribution in [1.29, 1.82) is 0 Å². The summed E-state index contributed by atoms with van der Waals surface area (Å²) >= 11 is 0. The highest BCUT2D eigenvalue weighted by Gasteiger charge is 2.25. The van der Waals surface area contributed by atoms with Gasteiger partial charge in [0.25, 0.3) is 0 Å². The molecule has 52 valence electrons. The predicted molar refractivity (Wildman–Crippen MR) is 31.9 cm³/mol. The number of aliphatic hydroxyl groups is 1. The van der Waals surface area contributed by atoms with Gasteiger partial charge in [0, 0.05) is 0 Å². The smallest absolute Gasteiger partial charge is 0.170 e. The Kier molecular flexibility index (Phi) is 2.52. The van der Waals surface area contributed by atoms with Crippen LogP contribution in [-0.4, -0.2) is 23.8 Å². The molecule has 0 heterocycles. The molecule has 0 aliphatic heterocycles. The standard InChI is InChI=1S/C6H10O3/c1-6(2,4-8)5(9)3-7/h4,7H,3H2,1-2H3. The first-order valence-electron chi connectivity index (χ1n) is 2.65. The summed E-state index contributed by atoms with van der Waals surface area (Å²) in [7, 11) is 0. The van der Waals surface area contributed by atoms with Gasteiger partial charge in [0.05, 0.1) is 5.41 Å². The Hall–Kier alpha value is -0.700. The Balaban J connectivity index is 4.14. The summed E-state index contributed by atoms with van der Waals surface area (Å²) in [6, 6.07) is 0. The lowest BCUT2D eigenvalue weighted by Crippen LogP contribution is -2.28. The fraction of sp³-hybridized carbons (Fsp3) is 0.667. The van der Waals surface area contributed by atoms with Gasteiger partial charge in [-0.1, -0.05) is 0 Å². The van der Waals surface area contributed by atoms with Gasteiger partial charge < -0.3 is 9.90 Å². The maximum atomic E-state index is 10.6. The fourth-order valence-electron chi connectivity index (χ4n) is 0.269. The van der Waals surface area contributed by atoms with E-state index < -0.39 is 17.8 Å². The monoisotopic (exact) mass is 130 g/mol.